The molecule has 4 N–H and O–H groups in total. The first-order valence-corrected chi connectivity index (χ1v) is 12.2. The van der Waals surface area contributed by atoms with Crippen LogP contribution in [0, 0.1) is 0 Å². The van der Waals surface area contributed by atoms with E-state index in [-0.39, 0.29) is 12.1 Å². The minimum atomic E-state index is -3.19. The number of nitrogens with zero attached hydrogens (tertiary/aromatic N) is 2. The molecule has 0 spiro atoms. The Morgan fingerprint density at radius 2 is 1.61 bits per heavy atom. The van der Waals surface area contributed by atoms with Crippen LogP contribution in [0.15, 0.2) is 42.5 Å². The highest BCUT2D eigenvalue weighted by Gasteiger charge is 2.67. The Morgan fingerprint density at radius 1 is 0.947 bits per heavy atom. The van der Waals surface area contributed by atoms with Crippen molar-refractivity contribution in [3.05, 3.63) is 64.7 Å². The number of carbonyl (C=O) groups excluding carboxylic acids is 3. The van der Waals surface area contributed by atoms with Gasteiger partial charge in [-0.1, -0.05) is 30.3 Å². The molecule has 0 aliphatic carbocycles. The Kier molecular flexibility index (Phi) is 6.67. The van der Waals surface area contributed by atoms with E-state index in [0.29, 0.717) is 17.8 Å². The number of benzene rings is 2. The van der Waals surface area contributed by atoms with Crippen LogP contribution in [0.2, 0.25) is 0 Å². The number of aliphatic hydroxyl groups is 2. The zero-order chi connectivity index (χ0) is 27.3. The Hall–Kier alpha value is -3.12. The molecule has 2 aromatic carbocycles. The van der Waals surface area contributed by atoms with Crippen molar-refractivity contribution in [2.24, 2.45) is 0 Å². The summed E-state index contributed by atoms with van der Waals surface area (Å²) in [5.74, 6) is -3.42. The summed E-state index contributed by atoms with van der Waals surface area (Å²) in [5.41, 5.74) is -5.52. The molecule has 3 aliphatic heterocycles. The molecule has 2 aromatic rings. The molecule has 38 heavy (non-hydrogen) atoms. The number of rotatable bonds is 6. The van der Waals surface area contributed by atoms with Crippen LogP contribution in [0.5, 0.6) is 0 Å². The quantitative estimate of drug-likeness (QED) is 0.268. The molecule has 0 saturated carbocycles. The maximum Gasteiger partial charge on any atom is 0.254 e. The second-order valence-corrected chi connectivity index (χ2v) is 9.86. The van der Waals surface area contributed by atoms with Gasteiger partial charge in [0.05, 0.1) is 18.7 Å². The van der Waals surface area contributed by atoms with Gasteiger partial charge in [0.25, 0.3) is 11.8 Å². The molecule has 2 fully saturated rings. The molecular weight excluding hydrogens is 485 g/mol. The number of ether oxygens (including phenoxy) is 1. The molecule has 3 aliphatic rings. The number of hydrogen-bond donors (Lipinski definition) is 4. The van der Waals surface area contributed by atoms with Gasteiger partial charge in [0.2, 0.25) is 5.91 Å². The van der Waals surface area contributed by atoms with E-state index in [2.05, 4.69) is 22.3 Å². The first-order chi connectivity index (χ1) is 18.0. The van der Waals surface area contributed by atoms with Gasteiger partial charge in [-0.3, -0.25) is 24.6 Å². The lowest BCUT2D eigenvalue weighted by Gasteiger charge is -2.56. The van der Waals surface area contributed by atoms with Gasteiger partial charge in [0.15, 0.2) is 0 Å². The number of fused-ring (bicyclic) bond motifs is 1. The highest BCUT2D eigenvalue weighted by atomic mass is 16.5. The SMILES string of the molecule is [B]C1(O)C(=O)NC(=O)C([B])(N2Cc3c(NCc4ccc(CN5CCOCC5)cc4)cccc3C2=O)C1([B])O. The zero-order valence-corrected chi connectivity index (χ0v) is 20.6. The number of nitrogens with one attached hydrogen (secondary N) is 2. The second kappa shape index (κ2) is 9.57. The van der Waals surface area contributed by atoms with Crippen LogP contribution in [0.3, 0.4) is 0 Å². The summed E-state index contributed by atoms with van der Waals surface area (Å²) in [6.45, 7) is 4.38. The topological polar surface area (TPSA) is 131 Å². The molecule has 0 bridgehead atoms. The lowest BCUT2D eigenvalue weighted by atomic mass is 9.43. The first-order valence-electron chi connectivity index (χ1n) is 12.2. The fraction of sp³-hybridized carbons (Fsp3) is 0.400. The van der Waals surface area contributed by atoms with Crippen LogP contribution < -0.4 is 10.6 Å². The van der Waals surface area contributed by atoms with Crippen molar-refractivity contribution >= 4 is 46.9 Å². The number of amides is 3. The average molecular weight is 510 g/mol. The van der Waals surface area contributed by atoms with Crippen molar-refractivity contribution in [2.45, 2.75) is 36.1 Å². The normalized spacial score (nSPS) is 29.7. The Labute approximate surface area is 223 Å². The standard InChI is InChI=1S/C25H25B3N4O6/c26-23(21(34)30-22(35)24(27,36)25(23,28)37)32-14-18-17(20(32)33)2-1-3-19(18)29-12-15-4-6-16(7-5-15)13-31-8-10-38-11-9-31/h1-7,29,36-37H,8-14H2,(H,30,34,35). The third-order valence-electron chi connectivity index (χ3n) is 7.49. The van der Waals surface area contributed by atoms with Crippen LogP contribution in [-0.2, 0) is 34.0 Å². The molecular formula is C25H25B3N4O6. The predicted octanol–water partition coefficient (Wildman–Crippen LogP) is -1.68. The fourth-order valence-corrected chi connectivity index (χ4v) is 5.02. The van der Waals surface area contributed by atoms with E-state index in [1.165, 1.54) is 5.56 Å². The van der Waals surface area contributed by atoms with Gasteiger partial charge in [-0.15, -0.1) is 0 Å². The van der Waals surface area contributed by atoms with Crippen LogP contribution in [-0.4, -0.2) is 104 Å². The predicted molar refractivity (Wildman–Crippen MR) is 139 cm³/mol. The molecule has 3 atom stereocenters. The summed E-state index contributed by atoms with van der Waals surface area (Å²) in [4.78, 5) is 41.3. The molecule has 13 heteroatoms. The van der Waals surface area contributed by atoms with Crippen LogP contribution in [0.1, 0.15) is 27.0 Å². The molecule has 2 saturated heterocycles. The Balaban J connectivity index is 1.32. The van der Waals surface area contributed by atoms with Gasteiger partial charge in [-0.2, -0.15) is 0 Å². The number of anilines is 1. The van der Waals surface area contributed by atoms with E-state index < -0.39 is 34.2 Å². The second-order valence-electron chi connectivity index (χ2n) is 9.86. The molecule has 10 nitrogen and oxygen atoms in total. The number of piperidine rings is 1. The summed E-state index contributed by atoms with van der Waals surface area (Å²) in [6, 6.07) is 13.2. The van der Waals surface area contributed by atoms with E-state index >= 15 is 0 Å². The van der Waals surface area contributed by atoms with E-state index in [0.717, 1.165) is 43.3 Å². The van der Waals surface area contributed by atoms with Crippen molar-refractivity contribution in [1.29, 1.82) is 0 Å². The van der Waals surface area contributed by atoms with Gasteiger partial charge in [0, 0.05) is 49.5 Å². The monoisotopic (exact) mass is 510 g/mol. The third-order valence-corrected chi connectivity index (χ3v) is 7.49. The third kappa shape index (κ3) is 4.14. The van der Waals surface area contributed by atoms with Crippen molar-refractivity contribution in [1.82, 2.24) is 15.1 Å². The first kappa shape index (κ1) is 26.5. The summed E-state index contributed by atoms with van der Waals surface area (Å²) in [7, 11) is 17.5. The Bertz CT molecular complexity index is 1280. The highest BCUT2D eigenvalue weighted by molar-refractivity contribution is 6.46. The van der Waals surface area contributed by atoms with Gasteiger partial charge < -0.3 is 25.2 Å². The summed E-state index contributed by atoms with van der Waals surface area (Å²) in [5, 5.41) is 26.3. The minimum Gasteiger partial charge on any atom is -0.395 e. The molecule has 3 amide bonds. The maximum absolute atomic E-state index is 13.3. The molecule has 0 aromatic heterocycles. The zero-order valence-electron chi connectivity index (χ0n) is 20.6. The van der Waals surface area contributed by atoms with Crippen LogP contribution >= 0.6 is 0 Å². The summed E-state index contributed by atoms with van der Waals surface area (Å²) < 4.78 is 5.39. The van der Waals surface area contributed by atoms with E-state index in [1.54, 1.807) is 23.5 Å². The van der Waals surface area contributed by atoms with Crippen LogP contribution in [0.4, 0.5) is 5.69 Å². The van der Waals surface area contributed by atoms with Crippen molar-refractivity contribution in [3.63, 3.8) is 0 Å². The van der Waals surface area contributed by atoms with E-state index in [4.69, 9.17) is 28.3 Å². The van der Waals surface area contributed by atoms with Crippen LogP contribution in [0.25, 0.3) is 0 Å². The molecule has 5 rings (SSSR count). The van der Waals surface area contributed by atoms with E-state index in [9.17, 15) is 24.6 Å². The van der Waals surface area contributed by atoms with Crippen molar-refractivity contribution in [3.8, 4) is 0 Å². The largest absolute Gasteiger partial charge is 0.395 e. The van der Waals surface area contributed by atoms with Crippen molar-refractivity contribution in [2.75, 3.05) is 31.6 Å². The van der Waals surface area contributed by atoms with Gasteiger partial charge in [-0.25, -0.2) is 0 Å². The number of hydrogen-bond acceptors (Lipinski definition) is 8. The van der Waals surface area contributed by atoms with Gasteiger partial charge in [-0.05, 0) is 23.3 Å². The lowest BCUT2D eigenvalue weighted by Crippen LogP contribution is -2.86. The number of imide groups is 1. The molecule has 3 heterocycles. The van der Waals surface area contributed by atoms with Gasteiger partial charge in [0.1, 0.15) is 34.5 Å². The van der Waals surface area contributed by atoms with Gasteiger partial charge >= 0.3 is 0 Å². The lowest BCUT2D eigenvalue weighted by molar-refractivity contribution is -0.172. The maximum atomic E-state index is 13.3. The molecule has 6 radical (unpaired) electrons. The van der Waals surface area contributed by atoms with Crippen molar-refractivity contribution < 1.29 is 29.3 Å². The minimum absolute atomic E-state index is 0.224. The van der Waals surface area contributed by atoms with E-state index in [1.807, 2.05) is 12.1 Å². The summed E-state index contributed by atoms with van der Waals surface area (Å²) >= 11 is 0. The fourth-order valence-electron chi connectivity index (χ4n) is 5.02. The summed E-state index contributed by atoms with van der Waals surface area (Å²) in [6.07, 6.45) is 0. The number of carbonyl (C=O) groups is 3. The highest BCUT2D eigenvalue weighted by Crippen LogP contribution is 2.41. The average Bonchev–Trinajstić information content (AvgIpc) is 3.24. The Morgan fingerprint density at radius 3 is 2.29 bits per heavy atom. The molecule has 190 valence electrons. The smallest absolute Gasteiger partial charge is 0.254 e. The number of morpholine rings is 1. The molecule has 3 unspecified atom stereocenters.